The number of nitrogens with zero attached hydrogens (tertiary/aromatic N) is 5. The number of carbonyl (C=O) groups is 2. The number of fused-ring (bicyclic) bond motifs is 1. The van der Waals surface area contributed by atoms with E-state index in [0.29, 0.717) is 16.6 Å². The van der Waals surface area contributed by atoms with E-state index in [2.05, 4.69) is 40.2 Å². The molecule has 34 heavy (non-hydrogen) atoms. The Bertz CT molecular complexity index is 1390. The van der Waals surface area contributed by atoms with Gasteiger partial charge in [0.05, 0.1) is 26.2 Å². The van der Waals surface area contributed by atoms with E-state index in [9.17, 15) is 14.0 Å². The molecule has 4 rings (SSSR count). The van der Waals surface area contributed by atoms with Crippen LogP contribution in [-0.4, -0.2) is 51.1 Å². The molecule has 0 atom stereocenters. The normalized spacial score (nSPS) is 10.7. The maximum Gasteiger partial charge on any atom is 0.412 e. The number of amides is 2. The van der Waals surface area contributed by atoms with Crippen molar-refractivity contribution in [2.75, 3.05) is 30.6 Å². The number of aromatic nitrogens is 5. The zero-order chi connectivity index (χ0) is 24.2. The molecule has 0 radical (unpaired) electrons. The van der Waals surface area contributed by atoms with Gasteiger partial charge in [0.15, 0.2) is 23.1 Å². The summed E-state index contributed by atoms with van der Waals surface area (Å²) in [6, 6.07) is 9.77. The number of benzene rings is 1. The monoisotopic (exact) mass is 466 g/mol. The Morgan fingerprint density at radius 3 is 2.53 bits per heavy atom. The van der Waals surface area contributed by atoms with Crippen molar-refractivity contribution in [3.8, 4) is 11.5 Å². The lowest BCUT2D eigenvalue weighted by atomic mass is 10.2. The number of ether oxygens (including phenoxy) is 2. The van der Waals surface area contributed by atoms with E-state index in [-0.39, 0.29) is 41.2 Å². The number of hydrogen-bond donors (Lipinski definition) is 3. The molecule has 1 aromatic carbocycles. The van der Waals surface area contributed by atoms with Crippen LogP contribution in [0.5, 0.6) is 0 Å². The Labute approximate surface area is 191 Å². The second-order valence-corrected chi connectivity index (χ2v) is 6.86. The Morgan fingerprint density at radius 2 is 1.79 bits per heavy atom. The van der Waals surface area contributed by atoms with Crippen molar-refractivity contribution in [1.29, 1.82) is 0 Å². The zero-order valence-electron chi connectivity index (χ0n) is 18.1. The van der Waals surface area contributed by atoms with Gasteiger partial charge in [0.1, 0.15) is 17.2 Å². The number of rotatable bonds is 5. The Morgan fingerprint density at radius 1 is 1.06 bits per heavy atom. The van der Waals surface area contributed by atoms with E-state index in [1.807, 2.05) is 0 Å². The molecule has 3 aromatic heterocycles. The van der Waals surface area contributed by atoms with Gasteiger partial charge in [-0.3, -0.25) is 10.6 Å². The number of hydrogen-bond acceptors (Lipinski definition) is 9. The van der Waals surface area contributed by atoms with Gasteiger partial charge in [-0.25, -0.2) is 33.6 Å². The Kier molecular flexibility index (Phi) is 6.16. The van der Waals surface area contributed by atoms with Crippen LogP contribution in [0.4, 0.5) is 31.3 Å². The first-order valence-electron chi connectivity index (χ1n) is 9.84. The van der Waals surface area contributed by atoms with Crippen LogP contribution in [-0.2, 0) is 16.0 Å². The summed E-state index contributed by atoms with van der Waals surface area (Å²) in [5.74, 6) is -0.653. The highest BCUT2D eigenvalue weighted by Crippen LogP contribution is 2.32. The number of anilines is 3. The second-order valence-electron chi connectivity index (χ2n) is 6.86. The van der Waals surface area contributed by atoms with Crippen molar-refractivity contribution >= 4 is 40.5 Å². The summed E-state index contributed by atoms with van der Waals surface area (Å²) >= 11 is 0. The van der Waals surface area contributed by atoms with Crippen LogP contribution in [0.25, 0.3) is 22.6 Å². The third-order valence-corrected chi connectivity index (χ3v) is 4.75. The molecule has 4 N–H and O–H groups in total. The first-order chi connectivity index (χ1) is 16.4. The lowest BCUT2D eigenvalue weighted by Gasteiger charge is -2.13. The van der Waals surface area contributed by atoms with Crippen molar-refractivity contribution in [2.45, 2.75) is 6.54 Å². The van der Waals surface area contributed by atoms with Gasteiger partial charge in [0.2, 0.25) is 0 Å². The minimum atomic E-state index is -0.853. The number of nitrogens with one attached hydrogen (secondary N) is 2. The average Bonchev–Trinajstić information content (AvgIpc) is 3.20. The van der Waals surface area contributed by atoms with Crippen LogP contribution >= 0.6 is 0 Å². The second kappa shape index (κ2) is 9.36. The molecule has 0 bridgehead atoms. The number of nitrogens with two attached hydrogens (primary N) is 1. The van der Waals surface area contributed by atoms with E-state index in [4.69, 9.17) is 5.73 Å². The minimum absolute atomic E-state index is 0.0320. The molecule has 0 aliphatic heterocycles. The quantitative estimate of drug-likeness (QED) is 0.402. The SMILES string of the molecule is COC(=O)Nc1nc(-c2nn(Cc3ccccc3F)c3ncccc23)nc(N)c1NC(=O)OC. The molecule has 13 heteroatoms. The van der Waals surface area contributed by atoms with Crippen molar-refractivity contribution in [3.05, 3.63) is 54.0 Å². The fourth-order valence-electron chi connectivity index (χ4n) is 3.17. The summed E-state index contributed by atoms with van der Waals surface area (Å²) in [5.41, 5.74) is 7.13. The minimum Gasteiger partial charge on any atom is -0.453 e. The zero-order valence-corrected chi connectivity index (χ0v) is 18.1. The summed E-state index contributed by atoms with van der Waals surface area (Å²) in [6.45, 7) is 0.102. The molecule has 0 saturated carbocycles. The molecular weight excluding hydrogens is 447 g/mol. The molecule has 2 amide bonds. The molecule has 0 spiro atoms. The van der Waals surface area contributed by atoms with Gasteiger partial charge < -0.3 is 15.2 Å². The predicted molar refractivity (Wildman–Crippen MR) is 121 cm³/mol. The molecule has 4 aromatic rings. The van der Waals surface area contributed by atoms with Crippen molar-refractivity contribution in [2.24, 2.45) is 0 Å². The lowest BCUT2D eigenvalue weighted by Crippen LogP contribution is -2.19. The maximum absolute atomic E-state index is 14.2. The number of nitrogen functional groups attached to an aromatic ring is 1. The van der Waals surface area contributed by atoms with Crippen LogP contribution in [0.2, 0.25) is 0 Å². The van der Waals surface area contributed by atoms with E-state index >= 15 is 0 Å². The highest BCUT2D eigenvalue weighted by Gasteiger charge is 2.22. The summed E-state index contributed by atoms with van der Waals surface area (Å²) in [5, 5.41) is 9.84. The van der Waals surface area contributed by atoms with E-state index < -0.39 is 12.2 Å². The molecular formula is C21H19FN8O4. The average molecular weight is 466 g/mol. The molecule has 0 fully saturated rings. The summed E-state index contributed by atoms with van der Waals surface area (Å²) < 4.78 is 25.0. The van der Waals surface area contributed by atoms with Crippen molar-refractivity contribution < 1.29 is 23.5 Å². The van der Waals surface area contributed by atoms with Crippen LogP contribution < -0.4 is 16.4 Å². The topological polar surface area (TPSA) is 159 Å². The van der Waals surface area contributed by atoms with Crippen LogP contribution in [0.1, 0.15) is 5.56 Å². The van der Waals surface area contributed by atoms with Gasteiger partial charge in [-0.15, -0.1) is 0 Å². The molecule has 12 nitrogen and oxygen atoms in total. The molecule has 3 heterocycles. The van der Waals surface area contributed by atoms with E-state index in [1.165, 1.54) is 10.7 Å². The molecule has 0 aliphatic carbocycles. The van der Waals surface area contributed by atoms with Crippen molar-refractivity contribution in [1.82, 2.24) is 24.7 Å². The summed E-state index contributed by atoms with van der Waals surface area (Å²) in [6.07, 6.45) is -0.123. The maximum atomic E-state index is 14.2. The smallest absolute Gasteiger partial charge is 0.412 e. The van der Waals surface area contributed by atoms with Gasteiger partial charge >= 0.3 is 12.2 Å². The third-order valence-electron chi connectivity index (χ3n) is 4.75. The summed E-state index contributed by atoms with van der Waals surface area (Å²) in [7, 11) is 2.33. The molecule has 0 saturated heterocycles. The number of halogens is 1. The number of carbonyl (C=O) groups excluding carboxylic acids is 2. The first kappa shape index (κ1) is 22.4. The lowest BCUT2D eigenvalue weighted by molar-refractivity contribution is 0.185. The highest BCUT2D eigenvalue weighted by molar-refractivity contribution is 5.98. The van der Waals surface area contributed by atoms with Crippen LogP contribution in [0.15, 0.2) is 42.6 Å². The number of pyridine rings is 1. The fraction of sp³-hybridized carbons (Fsp3) is 0.143. The largest absolute Gasteiger partial charge is 0.453 e. The van der Waals surface area contributed by atoms with Crippen LogP contribution in [0.3, 0.4) is 0 Å². The van der Waals surface area contributed by atoms with Gasteiger partial charge in [-0.2, -0.15) is 5.10 Å². The third kappa shape index (κ3) is 4.39. The molecule has 0 unspecified atom stereocenters. The molecule has 0 aliphatic rings. The van der Waals surface area contributed by atoms with Gasteiger partial charge in [0, 0.05) is 11.8 Å². The highest BCUT2D eigenvalue weighted by atomic mass is 19.1. The first-order valence-corrected chi connectivity index (χ1v) is 9.84. The summed E-state index contributed by atoms with van der Waals surface area (Å²) in [4.78, 5) is 36.5. The Balaban J connectivity index is 1.84. The van der Waals surface area contributed by atoms with Crippen molar-refractivity contribution in [3.63, 3.8) is 0 Å². The van der Waals surface area contributed by atoms with E-state index in [1.54, 1.807) is 36.5 Å². The van der Waals surface area contributed by atoms with E-state index in [0.717, 1.165) is 14.2 Å². The van der Waals surface area contributed by atoms with Crippen LogP contribution in [0, 0.1) is 5.82 Å². The Hall–Kier alpha value is -4.81. The fourth-order valence-corrected chi connectivity index (χ4v) is 3.17. The van der Waals surface area contributed by atoms with Gasteiger partial charge in [-0.05, 0) is 18.2 Å². The predicted octanol–water partition coefficient (Wildman–Crippen LogP) is 3.01. The van der Waals surface area contributed by atoms with Gasteiger partial charge in [0.25, 0.3) is 0 Å². The molecule has 174 valence electrons. The number of methoxy groups -OCH3 is 2. The van der Waals surface area contributed by atoms with Gasteiger partial charge in [-0.1, -0.05) is 18.2 Å². The standard InChI is InChI=1S/C21H19FN8O4/c1-33-20(31)25-15-16(23)26-17(27-18(15)28-21(32)34-2)14-12-7-5-9-24-19(12)30(29-14)10-11-6-3-4-8-13(11)22/h3-9H,10H2,1-2H3,(H,25,31)(H3,23,26,27,28,32).